The molecule has 1 rings (SSSR count). The van der Waals surface area contributed by atoms with E-state index in [9.17, 15) is 0 Å². The van der Waals surface area contributed by atoms with E-state index in [0.717, 1.165) is 32.7 Å². The molecule has 1 aliphatic heterocycles. The van der Waals surface area contributed by atoms with Gasteiger partial charge in [-0.25, -0.2) is 0 Å². The van der Waals surface area contributed by atoms with Crippen molar-refractivity contribution in [1.29, 1.82) is 0 Å². The first kappa shape index (κ1) is 10.3. The van der Waals surface area contributed by atoms with Crippen LogP contribution in [0.5, 0.6) is 0 Å². The lowest BCUT2D eigenvalue weighted by molar-refractivity contribution is 0.150. The molecule has 1 heterocycles. The zero-order valence-corrected chi connectivity index (χ0v) is 8.11. The van der Waals surface area contributed by atoms with Gasteiger partial charge in [0.05, 0.1) is 6.54 Å². The van der Waals surface area contributed by atoms with Gasteiger partial charge in [-0.1, -0.05) is 12.1 Å². The van der Waals surface area contributed by atoms with Crippen LogP contribution in [0.1, 0.15) is 6.92 Å². The number of hydrogen-bond acceptors (Lipinski definition) is 4. The van der Waals surface area contributed by atoms with Crippen molar-refractivity contribution in [2.75, 3.05) is 39.3 Å². The topological polar surface area (TPSA) is 65.1 Å². The molecule has 0 amide bonds. The van der Waals surface area contributed by atoms with Crippen molar-refractivity contribution < 1.29 is 5.21 Å². The second kappa shape index (κ2) is 5.04. The standard InChI is InChI=1S/C8H18N4O/c1-2-11-3-5-12(6-4-11)7-8(9)10-13/h13H,2-7H2,1H3,(H2,9,10). The number of oxime groups is 1. The minimum atomic E-state index is 0.296. The Labute approximate surface area is 78.8 Å². The SMILES string of the molecule is CCN1CCN(C/C(N)=N/O)CC1. The smallest absolute Gasteiger partial charge is 0.153 e. The number of likely N-dealkylation sites (N-methyl/N-ethyl adjacent to an activating group) is 1. The van der Waals surface area contributed by atoms with Gasteiger partial charge in [0.2, 0.25) is 0 Å². The minimum Gasteiger partial charge on any atom is -0.409 e. The number of hydrogen-bond donors (Lipinski definition) is 2. The molecule has 0 unspecified atom stereocenters. The second-order valence-corrected chi connectivity index (χ2v) is 3.30. The summed E-state index contributed by atoms with van der Waals surface area (Å²) < 4.78 is 0. The lowest BCUT2D eigenvalue weighted by atomic mass is 10.3. The molecule has 1 aliphatic rings. The lowest BCUT2D eigenvalue weighted by Crippen LogP contribution is -2.48. The van der Waals surface area contributed by atoms with Crippen LogP contribution in [0.25, 0.3) is 0 Å². The van der Waals surface area contributed by atoms with Crippen molar-refractivity contribution in [3.05, 3.63) is 0 Å². The van der Waals surface area contributed by atoms with Gasteiger partial charge in [0.15, 0.2) is 5.84 Å². The Morgan fingerprint density at radius 2 is 1.85 bits per heavy atom. The first-order chi connectivity index (χ1) is 6.26. The Morgan fingerprint density at radius 1 is 1.31 bits per heavy atom. The van der Waals surface area contributed by atoms with Crippen molar-refractivity contribution in [2.24, 2.45) is 10.9 Å². The van der Waals surface area contributed by atoms with E-state index in [1.807, 2.05) is 0 Å². The van der Waals surface area contributed by atoms with Gasteiger partial charge >= 0.3 is 0 Å². The van der Waals surface area contributed by atoms with Crippen LogP contribution in [-0.2, 0) is 0 Å². The van der Waals surface area contributed by atoms with E-state index in [2.05, 4.69) is 21.9 Å². The van der Waals surface area contributed by atoms with E-state index < -0.39 is 0 Å². The molecule has 13 heavy (non-hydrogen) atoms. The molecule has 1 saturated heterocycles. The van der Waals surface area contributed by atoms with E-state index in [1.54, 1.807) is 0 Å². The fraction of sp³-hybridized carbons (Fsp3) is 0.875. The van der Waals surface area contributed by atoms with Gasteiger partial charge in [0.25, 0.3) is 0 Å². The first-order valence-corrected chi connectivity index (χ1v) is 4.67. The number of rotatable bonds is 3. The summed E-state index contributed by atoms with van der Waals surface area (Å²) in [7, 11) is 0. The quantitative estimate of drug-likeness (QED) is 0.266. The van der Waals surface area contributed by atoms with Gasteiger partial charge in [-0.15, -0.1) is 0 Å². The molecule has 0 aromatic rings. The molecule has 0 aromatic heterocycles. The normalized spacial score (nSPS) is 22.1. The first-order valence-electron chi connectivity index (χ1n) is 4.67. The van der Waals surface area contributed by atoms with Crippen molar-refractivity contribution in [3.63, 3.8) is 0 Å². The molecule has 0 spiro atoms. The molecule has 0 atom stereocenters. The molecule has 3 N–H and O–H groups in total. The maximum atomic E-state index is 8.39. The van der Waals surface area contributed by atoms with Crippen LogP contribution in [0, 0.1) is 0 Å². The summed E-state index contributed by atoms with van der Waals surface area (Å²) in [6.07, 6.45) is 0. The predicted molar refractivity (Wildman–Crippen MR) is 52.0 cm³/mol. The summed E-state index contributed by atoms with van der Waals surface area (Å²) in [4.78, 5) is 4.59. The number of piperazine rings is 1. The van der Waals surface area contributed by atoms with Crippen LogP contribution in [0.3, 0.4) is 0 Å². The summed E-state index contributed by atoms with van der Waals surface area (Å²) in [5.74, 6) is 0.296. The molecule has 1 fully saturated rings. The third-order valence-corrected chi connectivity index (χ3v) is 2.43. The molecule has 5 nitrogen and oxygen atoms in total. The Kier molecular flexibility index (Phi) is 3.98. The van der Waals surface area contributed by atoms with Crippen LogP contribution >= 0.6 is 0 Å². The Bertz CT molecular complexity index is 175. The fourth-order valence-electron chi connectivity index (χ4n) is 1.52. The Balaban J connectivity index is 2.25. The monoisotopic (exact) mass is 186 g/mol. The maximum absolute atomic E-state index is 8.39. The molecule has 0 bridgehead atoms. The highest BCUT2D eigenvalue weighted by Crippen LogP contribution is 1.99. The molecule has 0 aromatic carbocycles. The van der Waals surface area contributed by atoms with Crippen LogP contribution in [0.15, 0.2) is 5.16 Å². The zero-order chi connectivity index (χ0) is 9.68. The van der Waals surface area contributed by atoms with Gasteiger partial charge in [-0.3, -0.25) is 4.90 Å². The zero-order valence-electron chi connectivity index (χ0n) is 8.11. The van der Waals surface area contributed by atoms with Crippen molar-refractivity contribution in [1.82, 2.24) is 9.80 Å². The molecule has 76 valence electrons. The highest BCUT2D eigenvalue weighted by atomic mass is 16.4. The van der Waals surface area contributed by atoms with Crippen molar-refractivity contribution >= 4 is 5.84 Å². The minimum absolute atomic E-state index is 0.296. The van der Waals surface area contributed by atoms with Gasteiger partial charge in [-0.2, -0.15) is 0 Å². The van der Waals surface area contributed by atoms with E-state index in [-0.39, 0.29) is 0 Å². The van der Waals surface area contributed by atoms with E-state index in [0.29, 0.717) is 12.4 Å². The van der Waals surface area contributed by atoms with E-state index in [1.165, 1.54) is 0 Å². The molecular formula is C8H18N4O. The van der Waals surface area contributed by atoms with Crippen molar-refractivity contribution in [2.45, 2.75) is 6.92 Å². The largest absolute Gasteiger partial charge is 0.409 e. The van der Waals surface area contributed by atoms with Crippen LogP contribution in [-0.4, -0.2) is 60.1 Å². The van der Waals surface area contributed by atoms with Gasteiger partial charge in [0.1, 0.15) is 0 Å². The molecule has 0 aliphatic carbocycles. The summed E-state index contributed by atoms with van der Waals surface area (Å²) in [6, 6.07) is 0. The highest BCUT2D eigenvalue weighted by molar-refractivity contribution is 5.81. The summed E-state index contributed by atoms with van der Waals surface area (Å²) in [6.45, 7) is 8.02. The summed E-state index contributed by atoms with van der Waals surface area (Å²) in [5, 5.41) is 11.4. The number of amidine groups is 1. The summed E-state index contributed by atoms with van der Waals surface area (Å²) >= 11 is 0. The number of nitrogens with two attached hydrogens (primary N) is 1. The van der Waals surface area contributed by atoms with E-state index >= 15 is 0 Å². The van der Waals surface area contributed by atoms with Crippen molar-refractivity contribution in [3.8, 4) is 0 Å². The third-order valence-electron chi connectivity index (χ3n) is 2.43. The van der Waals surface area contributed by atoms with Gasteiger partial charge in [0, 0.05) is 26.2 Å². The van der Waals surface area contributed by atoms with Gasteiger partial charge < -0.3 is 15.8 Å². The van der Waals surface area contributed by atoms with Crippen LogP contribution in [0.4, 0.5) is 0 Å². The molecule has 0 radical (unpaired) electrons. The average Bonchev–Trinajstić information content (AvgIpc) is 2.19. The van der Waals surface area contributed by atoms with Crippen LogP contribution in [0.2, 0.25) is 0 Å². The Morgan fingerprint density at radius 3 is 2.31 bits per heavy atom. The fourth-order valence-corrected chi connectivity index (χ4v) is 1.52. The predicted octanol–water partition coefficient (Wildman–Crippen LogP) is -0.630. The Hall–Kier alpha value is -0.810. The number of nitrogens with zero attached hydrogens (tertiary/aromatic N) is 3. The molecule has 0 saturated carbocycles. The van der Waals surface area contributed by atoms with E-state index in [4.69, 9.17) is 10.9 Å². The lowest BCUT2D eigenvalue weighted by Gasteiger charge is -2.33. The molecular weight excluding hydrogens is 168 g/mol. The average molecular weight is 186 g/mol. The summed E-state index contributed by atoms with van der Waals surface area (Å²) in [5.41, 5.74) is 5.42. The van der Waals surface area contributed by atoms with Crippen LogP contribution < -0.4 is 5.73 Å². The second-order valence-electron chi connectivity index (χ2n) is 3.30. The molecule has 5 heteroatoms. The highest BCUT2D eigenvalue weighted by Gasteiger charge is 2.15. The maximum Gasteiger partial charge on any atom is 0.153 e. The van der Waals surface area contributed by atoms with Gasteiger partial charge in [-0.05, 0) is 6.54 Å². The third kappa shape index (κ3) is 3.20.